The summed E-state index contributed by atoms with van der Waals surface area (Å²) < 4.78 is 71.7. The van der Waals surface area contributed by atoms with Crippen LogP contribution in [0.15, 0.2) is 48.5 Å². The SMILES string of the molecule is CCCCCCOCCOCCOCCOCCOCCOCCOCCOCCOCCOCCOCCOCCNC(=O)OCC1c2ccccc2-c2ccccc21. The predicted octanol–water partition coefficient (Wildman–Crippen LogP) is 5.30. The second-order valence-corrected chi connectivity index (χ2v) is 13.7. The topological polar surface area (TPSA) is 149 Å². The molecular formula is C45H73NO14. The first kappa shape index (κ1) is 51.6. The number of benzene rings is 2. The number of unbranched alkanes of at least 4 members (excludes halogenated alkanes) is 3. The molecule has 1 aliphatic carbocycles. The van der Waals surface area contributed by atoms with Gasteiger partial charge in [0.2, 0.25) is 0 Å². The van der Waals surface area contributed by atoms with E-state index in [0.29, 0.717) is 159 Å². The fourth-order valence-electron chi connectivity index (χ4n) is 6.03. The number of carbonyl (C=O) groups excluding carboxylic acids is 1. The molecule has 0 aromatic heterocycles. The average Bonchev–Trinajstić information content (AvgIpc) is 3.59. The van der Waals surface area contributed by atoms with Gasteiger partial charge in [0.1, 0.15) is 6.61 Å². The normalized spacial score (nSPS) is 12.2. The van der Waals surface area contributed by atoms with E-state index in [1.54, 1.807) is 0 Å². The number of fused-ring (bicyclic) bond motifs is 3. The fraction of sp³-hybridized carbons (Fsp3) is 0.711. The van der Waals surface area contributed by atoms with Crippen LogP contribution in [0.3, 0.4) is 0 Å². The highest BCUT2D eigenvalue weighted by Gasteiger charge is 2.29. The Hall–Kier alpha value is -2.77. The van der Waals surface area contributed by atoms with Crippen molar-refractivity contribution in [2.24, 2.45) is 0 Å². The molecule has 0 fully saturated rings. The van der Waals surface area contributed by atoms with Crippen molar-refractivity contribution in [3.05, 3.63) is 59.7 Å². The van der Waals surface area contributed by atoms with Crippen molar-refractivity contribution in [3.63, 3.8) is 0 Å². The summed E-state index contributed by atoms with van der Waals surface area (Å²) in [6.07, 6.45) is 4.42. The summed E-state index contributed by atoms with van der Waals surface area (Å²) >= 11 is 0. The maximum absolute atomic E-state index is 12.3. The molecule has 3 rings (SSSR count). The van der Waals surface area contributed by atoms with E-state index in [4.69, 9.17) is 61.6 Å². The Kier molecular flexibility index (Phi) is 32.6. The summed E-state index contributed by atoms with van der Waals surface area (Å²) in [6.45, 7) is 15.2. The van der Waals surface area contributed by atoms with E-state index in [1.807, 2.05) is 24.3 Å². The lowest BCUT2D eigenvalue weighted by molar-refractivity contribution is -0.0283. The van der Waals surface area contributed by atoms with Gasteiger partial charge in [-0.3, -0.25) is 0 Å². The summed E-state index contributed by atoms with van der Waals surface area (Å²) in [6, 6.07) is 16.5. The van der Waals surface area contributed by atoms with E-state index in [1.165, 1.54) is 41.5 Å². The van der Waals surface area contributed by atoms with Crippen LogP contribution in [-0.4, -0.2) is 178 Å². The summed E-state index contributed by atoms with van der Waals surface area (Å²) in [5.41, 5.74) is 4.77. The van der Waals surface area contributed by atoms with Crippen LogP contribution in [0.25, 0.3) is 11.1 Å². The van der Waals surface area contributed by atoms with Gasteiger partial charge in [0.15, 0.2) is 0 Å². The minimum Gasteiger partial charge on any atom is -0.449 e. The zero-order chi connectivity index (χ0) is 42.2. The third-order valence-electron chi connectivity index (χ3n) is 9.09. The molecule has 60 heavy (non-hydrogen) atoms. The molecule has 1 N–H and O–H groups in total. The van der Waals surface area contributed by atoms with Crippen LogP contribution in [0.4, 0.5) is 4.79 Å². The molecule has 0 saturated heterocycles. The molecule has 1 aliphatic rings. The van der Waals surface area contributed by atoms with Gasteiger partial charge in [-0.1, -0.05) is 74.7 Å². The number of alkyl carbamates (subject to hydrolysis) is 1. The van der Waals surface area contributed by atoms with E-state index >= 15 is 0 Å². The number of hydrogen-bond donors (Lipinski definition) is 1. The van der Waals surface area contributed by atoms with Gasteiger partial charge in [0.25, 0.3) is 0 Å². The van der Waals surface area contributed by atoms with Crippen molar-refractivity contribution in [2.45, 2.75) is 38.5 Å². The molecule has 342 valence electrons. The maximum Gasteiger partial charge on any atom is 0.407 e. The second kappa shape index (κ2) is 37.9. The molecule has 0 saturated carbocycles. The van der Waals surface area contributed by atoms with Gasteiger partial charge in [0, 0.05) is 19.1 Å². The van der Waals surface area contributed by atoms with E-state index in [-0.39, 0.29) is 12.5 Å². The number of amides is 1. The van der Waals surface area contributed by atoms with Crippen LogP contribution in [-0.2, 0) is 61.6 Å². The van der Waals surface area contributed by atoms with Crippen molar-refractivity contribution >= 4 is 6.09 Å². The Bertz CT molecular complexity index is 1240. The van der Waals surface area contributed by atoms with Crippen molar-refractivity contribution in [1.82, 2.24) is 5.32 Å². The maximum atomic E-state index is 12.3. The predicted molar refractivity (Wildman–Crippen MR) is 227 cm³/mol. The minimum atomic E-state index is -0.452. The van der Waals surface area contributed by atoms with E-state index in [9.17, 15) is 4.79 Å². The van der Waals surface area contributed by atoms with Crippen LogP contribution in [0.5, 0.6) is 0 Å². The molecule has 0 spiro atoms. The molecule has 1 amide bonds. The Balaban J connectivity index is 0.919. The van der Waals surface area contributed by atoms with Crippen LogP contribution >= 0.6 is 0 Å². The molecule has 0 aliphatic heterocycles. The first-order valence-electron chi connectivity index (χ1n) is 21.8. The molecule has 0 radical (unpaired) electrons. The lowest BCUT2D eigenvalue weighted by Crippen LogP contribution is -2.29. The smallest absolute Gasteiger partial charge is 0.407 e. The summed E-state index contributed by atoms with van der Waals surface area (Å²) in [5.74, 6) is 0.0358. The lowest BCUT2D eigenvalue weighted by Gasteiger charge is -2.14. The van der Waals surface area contributed by atoms with Crippen LogP contribution in [0.2, 0.25) is 0 Å². The second-order valence-electron chi connectivity index (χ2n) is 13.7. The number of carbonyl (C=O) groups is 1. The standard InChI is InChI=1S/C45H73NO14/c1-2-3-4-9-15-48-17-19-50-21-23-52-25-27-54-29-31-56-33-35-58-37-38-59-36-34-57-32-30-55-28-26-53-24-22-51-20-18-49-16-14-46-45(47)60-39-44-42-12-7-5-10-40(42)41-11-6-8-13-43(41)44/h5-8,10-13,44H,2-4,9,14-39H2,1H3,(H,46,47). The molecule has 0 unspecified atom stereocenters. The molecular weight excluding hydrogens is 778 g/mol. The van der Waals surface area contributed by atoms with Gasteiger partial charge in [-0.15, -0.1) is 0 Å². The molecule has 15 heteroatoms. The first-order valence-corrected chi connectivity index (χ1v) is 21.8. The van der Waals surface area contributed by atoms with Gasteiger partial charge >= 0.3 is 6.09 Å². The summed E-state index contributed by atoms with van der Waals surface area (Å²) in [5, 5.41) is 2.75. The van der Waals surface area contributed by atoms with Crippen LogP contribution < -0.4 is 5.32 Å². The third-order valence-corrected chi connectivity index (χ3v) is 9.09. The molecule has 0 bridgehead atoms. The number of nitrogens with one attached hydrogen (secondary N) is 1. The molecule has 2 aromatic rings. The Labute approximate surface area is 358 Å². The van der Waals surface area contributed by atoms with Gasteiger partial charge < -0.3 is 66.9 Å². The van der Waals surface area contributed by atoms with E-state index in [2.05, 4.69) is 36.5 Å². The third kappa shape index (κ3) is 25.9. The number of rotatable bonds is 43. The van der Waals surface area contributed by atoms with Gasteiger partial charge in [-0.2, -0.15) is 0 Å². The summed E-state index contributed by atoms with van der Waals surface area (Å²) in [4.78, 5) is 12.3. The molecule has 0 heterocycles. The highest BCUT2D eigenvalue weighted by atomic mass is 16.6. The molecule has 2 aromatic carbocycles. The quantitative estimate of drug-likeness (QED) is 0.0860. The molecule has 15 nitrogen and oxygen atoms in total. The first-order chi connectivity index (χ1) is 29.8. The Morgan fingerprint density at radius 2 is 0.733 bits per heavy atom. The minimum absolute atomic E-state index is 0.0358. The molecule has 0 atom stereocenters. The van der Waals surface area contributed by atoms with Gasteiger partial charge in [-0.05, 0) is 28.7 Å². The highest BCUT2D eigenvalue weighted by molar-refractivity contribution is 5.79. The van der Waals surface area contributed by atoms with E-state index in [0.717, 1.165) is 13.0 Å². The highest BCUT2D eigenvalue weighted by Crippen LogP contribution is 2.44. The lowest BCUT2D eigenvalue weighted by atomic mass is 9.98. The zero-order valence-corrected chi connectivity index (χ0v) is 36.1. The van der Waals surface area contributed by atoms with Gasteiger partial charge in [0.05, 0.1) is 152 Å². The summed E-state index contributed by atoms with van der Waals surface area (Å²) in [7, 11) is 0. The Morgan fingerprint density at radius 3 is 1.08 bits per heavy atom. The van der Waals surface area contributed by atoms with E-state index < -0.39 is 6.09 Å². The van der Waals surface area contributed by atoms with Crippen molar-refractivity contribution in [2.75, 3.05) is 172 Å². The Morgan fingerprint density at radius 1 is 0.417 bits per heavy atom. The number of hydrogen-bond acceptors (Lipinski definition) is 14. The van der Waals surface area contributed by atoms with Crippen LogP contribution in [0, 0.1) is 0 Å². The zero-order valence-electron chi connectivity index (χ0n) is 36.1. The average molecular weight is 852 g/mol. The largest absolute Gasteiger partial charge is 0.449 e. The van der Waals surface area contributed by atoms with Crippen molar-refractivity contribution in [1.29, 1.82) is 0 Å². The van der Waals surface area contributed by atoms with Crippen LogP contribution in [0.1, 0.15) is 49.7 Å². The van der Waals surface area contributed by atoms with Crippen molar-refractivity contribution < 1.29 is 66.4 Å². The number of ether oxygens (including phenoxy) is 13. The fourth-order valence-corrected chi connectivity index (χ4v) is 6.03. The van der Waals surface area contributed by atoms with Crippen molar-refractivity contribution in [3.8, 4) is 11.1 Å². The monoisotopic (exact) mass is 852 g/mol. The van der Waals surface area contributed by atoms with Gasteiger partial charge in [-0.25, -0.2) is 4.79 Å².